The molecule has 8 heteroatoms. The van der Waals surface area contributed by atoms with Gasteiger partial charge in [0, 0.05) is 34.6 Å². The molecule has 7 nitrogen and oxygen atoms in total. The summed E-state index contributed by atoms with van der Waals surface area (Å²) in [5, 5.41) is 22.0. The predicted molar refractivity (Wildman–Crippen MR) is 79.2 cm³/mol. The van der Waals surface area contributed by atoms with Gasteiger partial charge in [0.25, 0.3) is 11.6 Å². The number of hydrogen-bond donors (Lipinski definition) is 2. The fourth-order valence-electron chi connectivity index (χ4n) is 1.75. The highest BCUT2D eigenvalue weighted by atomic mass is 79.9. The minimum atomic E-state index is -0.879. The summed E-state index contributed by atoms with van der Waals surface area (Å²) < 4.78 is 0.445. The summed E-state index contributed by atoms with van der Waals surface area (Å²) in [4.78, 5) is 32.6. The number of carboxylic acids is 1. The number of aliphatic carboxylic acids is 1. The Kier molecular flexibility index (Phi) is 6.29. The lowest BCUT2D eigenvalue weighted by molar-refractivity contribution is -0.385. The van der Waals surface area contributed by atoms with Crippen LogP contribution in [0, 0.1) is 10.1 Å². The van der Waals surface area contributed by atoms with E-state index >= 15 is 0 Å². The molecular formula is C13H15BrN2O5. The zero-order valence-electron chi connectivity index (χ0n) is 11.3. The van der Waals surface area contributed by atoms with Crippen LogP contribution in [-0.2, 0) is 4.79 Å². The number of nitro groups is 1. The molecule has 0 aliphatic heterocycles. The van der Waals surface area contributed by atoms with Gasteiger partial charge in [-0.05, 0) is 25.8 Å². The van der Waals surface area contributed by atoms with E-state index in [1.807, 2.05) is 0 Å². The summed E-state index contributed by atoms with van der Waals surface area (Å²) in [6, 6.07) is 3.79. The fourth-order valence-corrected chi connectivity index (χ4v) is 2.23. The first-order chi connectivity index (χ1) is 9.79. The second kappa shape index (κ2) is 7.72. The molecule has 0 spiro atoms. The molecule has 1 rings (SSSR count). The second-order valence-corrected chi connectivity index (χ2v) is 5.53. The number of carbonyl (C=O) groups excluding carboxylic acids is 1. The van der Waals surface area contributed by atoms with Gasteiger partial charge in [0.1, 0.15) is 0 Å². The Morgan fingerprint density at radius 1 is 1.43 bits per heavy atom. The molecule has 1 atom stereocenters. The lowest BCUT2D eigenvalue weighted by Crippen LogP contribution is -2.32. The van der Waals surface area contributed by atoms with Crippen molar-refractivity contribution in [2.24, 2.45) is 0 Å². The standard InChI is InChI=1S/C13H15BrN2O5/c1-8(3-2-4-12(17)18)15-13(19)9-5-10(14)7-11(6-9)16(20)21/h5-8H,2-4H2,1H3,(H,15,19)(H,17,18). The Bertz CT molecular complexity index is 561. The number of nitrogens with zero attached hydrogens (tertiary/aromatic N) is 1. The first kappa shape index (κ1) is 17.1. The van der Waals surface area contributed by atoms with Crippen LogP contribution in [0.2, 0.25) is 0 Å². The number of carbonyl (C=O) groups is 2. The molecule has 0 saturated heterocycles. The minimum absolute atomic E-state index is 0.0442. The Balaban J connectivity index is 2.66. The van der Waals surface area contributed by atoms with Gasteiger partial charge in [0.15, 0.2) is 0 Å². The first-order valence-electron chi connectivity index (χ1n) is 6.27. The van der Waals surface area contributed by atoms with E-state index in [1.54, 1.807) is 6.92 Å². The van der Waals surface area contributed by atoms with Crippen LogP contribution in [0.3, 0.4) is 0 Å². The molecule has 21 heavy (non-hydrogen) atoms. The molecule has 0 aliphatic rings. The molecule has 0 bridgehead atoms. The maximum atomic E-state index is 12.0. The van der Waals surface area contributed by atoms with Gasteiger partial charge >= 0.3 is 5.97 Å². The number of nitro benzene ring substituents is 1. The van der Waals surface area contributed by atoms with E-state index in [9.17, 15) is 19.7 Å². The van der Waals surface area contributed by atoms with Crippen LogP contribution in [0.1, 0.15) is 36.5 Å². The summed E-state index contributed by atoms with van der Waals surface area (Å²) in [6.07, 6.45) is 1.02. The van der Waals surface area contributed by atoms with Crippen molar-refractivity contribution < 1.29 is 19.6 Å². The van der Waals surface area contributed by atoms with Crippen molar-refractivity contribution in [1.29, 1.82) is 0 Å². The van der Waals surface area contributed by atoms with Crippen LogP contribution in [0.25, 0.3) is 0 Å². The van der Waals surface area contributed by atoms with Crippen molar-refractivity contribution in [2.75, 3.05) is 0 Å². The van der Waals surface area contributed by atoms with Crippen LogP contribution < -0.4 is 5.32 Å². The number of amides is 1. The van der Waals surface area contributed by atoms with Gasteiger partial charge in [0.2, 0.25) is 0 Å². The topological polar surface area (TPSA) is 110 Å². The maximum absolute atomic E-state index is 12.0. The molecule has 1 aromatic carbocycles. The van der Waals surface area contributed by atoms with E-state index in [0.717, 1.165) is 0 Å². The molecule has 0 aromatic heterocycles. The van der Waals surface area contributed by atoms with Crippen LogP contribution in [-0.4, -0.2) is 27.9 Å². The van der Waals surface area contributed by atoms with Crippen LogP contribution in [0.5, 0.6) is 0 Å². The number of nitrogens with one attached hydrogen (secondary N) is 1. The van der Waals surface area contributed by atoms with E-state index in [0.29, 0.717) is 17.3 Å². The van der Waals surface area contributed by atoms with E-state index in [2.05, 4.69) is 21.2 Å². The van der Waals surface area contributed by atoms with Gasteiger partial charge in [-0.2, -0.15) is 0 Å². The second-order valence-electron chi connectivity index (χ2n) is 4.62. The zero-order chi connectivity index (χ0) is 16.0. The summed E-state index contributed by atoms with van der Waals surface area (Å²) in [6.45, 7) is 1.76. The van der Waals surface area contributed by atoms with E-state index in [1.165, 1.54) is 18.2 Å². The SMILES string of the molecule is CC(CCCC(=O)O)NC(=O)c1cc(Br)cc([N+](=O)[O-])c1. The van der Waals surface area contributed by atoms with Crippen molar-refractivity contribution in [3.63, 3.8) is 0 Å². The molecule has 0 radical (unpaired) electrons. The van der Waals surface area contributed by atoms with Crippen LogP contribution in [0.15, 0.2) is 22.7 Å². The molecule has 1 amide bonds. The molecule has 1 aromatic rings. The van der Waals surface area contributed by atoms with Gasteiger partial charge < -0.3 is 10.4 Å². The number of rotatable bonds is 7. The predicted octanol–water partition coefficient (Wildman–Crippen LogP) is 2.73. The summed E-state index contributed by atoms with van der Waals surface area (Å²) in [7, 11) is 0. The molecular weight excluding hydrogens is 344 g/mol. The number of benzene rings is 1. The number of halogens is 1. The van der Waals surface area contributed by atoms with E-state index in [4.69, 9.17) is 5.11 Å². The molecule has 0 fully saturated rings. The molecule has 0 aliphatic carbocycles. The van der Waals surface area contributed by atoms with Crippen molar-refractivity contribution in [3.8, 4) is 0 Å². The van der Waals surface area contributed by atoms with Crippen LogP contribution >= 0.6 is 15.9 Å². The highest BCUT2D eigenvalue weighted by Gasteiger charge is 2.15. The number of non-ortho nitro benzene ring substituents is 1. The average molecular weight is 359 g/mol. The Morgan fingerprint density at radius 3 is 2.67 bits per heavy atom. The summed E-state index contributed by atoms with van der Waals surface area (Å²) >= 11 is 3.12. The third-order valence-electron chi connectivity index (χ3n) is 2.76. The third-order valence-corrected chi connectivity index (χ3v) is 3.22. The van der Waals surface area contributed by atoms with Crippen molar-refractivity contribution in [1.82, 2.24) is 5.32 Å². The van der Waals surface area contributed by atoms with Gasteiger partial charge in [-0.3, -0.25) is 19.7 Å². The fraction of sp³-hybridized carbons (Fsp3) is 0.385. The van der Waals surface area contributed by atoms with Gasteiger partial charge in [-0.25, -0.2) is 0 Å². The van der Waals surface area contributed by atoms with Gasteiger partial charge in [0.05, 0.1) is 4.92 Å². The van der Waals surface area contributed by atoms with Gasteiger partial charge in [-0.1, -0.05) is 15.9 Å². The normalized spacial score (nSPS) is 11.7. The zero-order valence-corrected chi connectivity index (χ0v) is 12.9. The third kappa shape index (κ3) is 5.90. The number of hydrogen-bond acceptors (Lipinski definition) is 4. The van der Waals surface area contributed by atoms with Gasteiger partial charge in [-0.15, -0.1) is 0 Å². The Hall–Kier alpha value is -1.96. The molecule has 0 saturated carbocycles. The van der Waals surface area contributed by atoms with Crippen molar-refractivity contribution >= 4 is 33.5 Å². The van der Waals surface area contributed by atoms with Crippen LogP contribution in [0.4, 0.5) is 5.69 Å². The lowest BCUT2D eigenvalue weighted by atomic mass is 10.1. The Labute approximate surface area is 129 Å². The van der Waals surface area contributed by atoms with E-state index in [-0.39, 0.29) is 23.7 Å². The molecule has 0 heterocycles. The molecule has 1 unspecified atom stereocenters. The smallest absolute Gasteiger partial charge is 0.303 e. The molecule has 114 valence electrons. The maximum Gasteiger partial charge on any atom is 0.303 e. The monoisotopic (exact) mass is 358 g/mol. The summed E-state index contributed by atoms with van der Waals surface area (Å²) in [5.41, 5.74) is 0.00853. The highest BCUT2D eigenvalue weighted by Crippen LogP contribution is 2.21. The van der Waals surface area contributed by atoms with E-state index < -0.39 is 16.8 Å². The Morgan fingerprint density at radius 2 is 2.10 bits per heavy atom. The van der Waals surface area contributed by atoms with Crippen molar-refractivity contribution in [2.45, 2.75) is 32.2 Å². The highest BCUT2D eigenvalue weighted by molar-refractivity contribution is 9.10. The number of carboxylic acid groups (broad SMARTS) is 1. The lowest BCUT2D eigenvalue weighted by Gasteiger charge is -2.13. The minimum Gasteiger partial charge on any atom is -0.481 e. The summed E-state index contributed by atoms with van der Waals surface area (Å²) in [5.74, 6) is -1.31. The molecule has 2 N–H and O–H groups in total. The average Bonchev–Trinajstić information content (AvgIpc) is 2.37. The largest absolute Gasteiger partial charge is 0.481 e. The van der Waals surface area contributed by atoms with Crippen molar-refractivity contribution in [3.05, 3.63) is 38.3 Å². The quantitative estimate of drug-likeness (QED) is 0.575. The first-order valence-corrected chi connectivity index (χ1v) is 7.06.